The molecule has 0 radical (unpaired) electrons. The Morgan fingerprint density at radius 2 is 2.04 bits per heavy atom. The highest BCUT2D eigenvalue weighted by molar-refractivity contribution is 9.10. The van der Waals surface area contributed by atoms with Crippen LogP contribution in [0.1, 0.15) is 16.7 Å². The number of carbonyl (C=O) groups is 2. The maximum absolute atomic E-state index is 12.9. The van der Waals surface area contributed by atoms with Gasteiger partial charge >= 0.3 is 6.16 Å². The summed E-state index contributed by atoms with van der Waals surface area (Å²) >= 11 is 3.48. The summed E-state index contributed by atoms with van der Waals surface area (Å²) in [6.07, 6.45) is 0.438. The number of benzene rings is 2. The minimum atomic E-state index is -0.784. The molecule has 0 aliphatic carbocycles. The van der Waals surface area contributed by atoms with Crippen LogP contribution >= 0.6 is 15.9 Å². The molecule has 1 atom stereocenters. The van der Waals surface area contributed by atoms with E-state index < -0.39 is 12.2 Å². The van der Waals surface area contributed by atoms with Crippen LogP contribution in [0.25, 0.3) is 0 Å². The van der Waals surface area contributed by atoms with Crippen molar-refractivity contribution in [1.29, 1.82) is 0 Å². The number of fused-ring (bicyclic) bond motifs is 1. The summed E-state index contributed by atoms with van der Waals surface area (Å²) in [7, 11) is 1.25. The number of amides is 1. The number of rotatable bonds is 4. The topological polar surface area (TPSA) is 81.9 Å². The van der Waals surface area contributed by atoms with Crippen molar-refractivity contribution in [3.63, 3.8) is 0 Å². The van der Waals surface area contributed by atoms with E-state index in [0.29, 0.717) is 18.7 Å². The smallest absolute Gasteiger partial charge is 0.437 e. The summed E-state index contributed by atoms with van der Waals surface area (Å²) in [6, 6.07) is 10.6. The molecule has 3 rings (SSSR count). The lowest BCUT2D eigenvalue weighted by Crippen LogP contribution is -2.44. The lowest BCUT2D eigenvalue weighted by Gasteiger charge is -2.22. The number of carbonyl (C=O) groups excluding carboxylic acids is 2. The van der Waals surface area contributed by atoms with Gasteiger partial charge in [-0.3, -0.25) is 4.79 Å². The zero-order valence-corrected chi connectivity index (χ0v) is 16.8. The number of halogens is 1. The first-order valence-electron chi connectivity index (χ1n) is 8.60. The molecule has 0 unspecified atom stereocenters. The molecule has 2 aromatic rings. The Kier molecular flexibility index (Phi) is 5.82. The molecule has 1 amide bonds. The van der Waals surface area contributed by atoms with Gasteiger partial charge in [-0.15, -0.1) is 0 Å². The van der Waals surface area contributed by atoms with Gasteiger partial charge in [-0.2, -0.15) is 0 Å². The second-order valence-electron chi connectivity index (χ2n) is 6.44. The number of anilines is 1. The van der Waals surface area contributed by atoms with E-state index in [9.17, 15) is 9.59 Å². The summed E-state index contributed by atoms with van der Waals surface area (Å²) in [4.78, 5) is 25.9. The van der Waals surface area contributed by atoms with Crippen LogP contribution in [-0.4, -0.2) is 31.8 Å². The van der Waals surface area contributed by atoms with Crippen molar-refractivity contribution in [2.75, 3.05) is 18.6 Å². The first-order valence-corrected chi connectivity index (χ1v) is 9.39. The van der Waals surface area contributed by atoms with Gasteiger partial charge in [0.2, 0.25) is 5.91 Å². The second-order valence-corrected chi connectivity index (χ2v) is 7.29. The molecule has 0 spiro atoms. The normalized spacial score (nSPS) is 13.9. The molecule has 2 aromatic carbocycles. The number of nitrogens with two attached hydrogens (primary N) is 1. The summed E-state index contributed by atoms with van der Waals surface area (Å²) in [6.45, 7) is 2.53. The maximum atomic E-state index is 12.9. The monoisotopic (exact) mass is 432 g/mol. The van der Waals surface area contributed by atoms with E-state index in [0.717, 1.165) is 27.7 Å². The Labute approximate surface area is 166 Å². The van der Waals surface area contributed by atoms with Crippen molar-refractivity contribution in [2.45, 2.75) is 25.8 Å². The van der Waals surface area contributed by atoms with Crippen molar-refractivity contribution >= 4 is 33.7 Å². The molecule has 0 bridgehead atoms. The lowest BCUT2D eigenvalue weighted by molar-refractivity contribution is -0.119. The summed E-state index contributed by atoms with van der Waals surface area (Å²) < 4.78 is 10.3. The van der Waals surface area contributed by atoms with E-state index in [1.165, 1.54) is 12.7 Å². The van der Waals surface area contributed by atoms with Gasteiger partial charge in [-0.05, 0) is 54.7 Å². The zero-order valence-electron chi connectivity index (χ0n) is 15.2. The average Bonchev–Trinajstić information content (AvgIpc) is 3.07. The summed E-state index contributed by atoms with van der Waals surface area (Å²) in [5.41, 5.74) is 10.1. The number of hydrogen-bond acceptors (Lipinski definition) is 5. The first-order chi connectivity index (χ1) is 12.9. The fourth-order valence-electron chi connectivity index (χ4n) is 3.27. The third kappa shape index (κ3) is 4.14. The second kappa shape index (κ2) is 8.10. The van der Waals surface area contributed by atoms with Gasteiger partial charge in [0.25, 0.3) is 0 Å². The minimum Gasteiger partial charge on any atom is -0.437 e. The zero-order chi connectivity index (χ0) is 19.6. The van der Waals surface area contributed by atoms with Crippen LogP contribution in [0.5, 0.6) is 5.75 Å². The van der Waals surface area contributed by atoms with E-state index in [1.54, 1.807) is 17.0 Å². The van der Waals surface area contributed by atoms with Crippen LogP contribution in [0.15, 0.2) is 40.9 Å². The number of hydrogen-bond donors (Lipinski definition) is 1. The molecule has 1 aliphatic rings. The average molecular weight is 433 g/mol. The highest BCUT2D eigenvalue weighted by Crippen LogP contribution is 2.30. The summed E-state index contributed by atoms with van der Waals surface area (Å²) in [5, 5.41) is 0. The highest BCUT2D eigenvalue weighted by atomic mass is 79.9. The Hall–Kier alpha value is -2.38. The molecular formula is C20H21BrN2O4. The van der Waals surface area contributed by atoms with E-state index in [-0.39, 0.29) is 5.91 Å². The molecule has 7 heteroatoms. The Balaban J connectivity index is 1.75. The number of aryl methyl sites for hydroxylation is 1. The third-order valence-corrected chi connectivity index (χ3v) is 5.36. The van der Waals surface area contributed by atoms with Crippen LogP contribution < -0.4 is 15.4 Å². The van der Waals surface area contributed by atoms with Gasteiger partial charge in [-0.25, -0.2) is 4.79 Å². The third-order valence-electron chi connectivity index (χ3n) is 4.65. The SMILES string of the molecule is COC(=O)Oc1cc(C)c(C[C@H](N)C(=O)N2CCc3ccccc32)c(Br)c1. The Morgan fingerprint density at radius 3 is 2.74 bits per heavy atom. The van der Waals surface area contributed by atoms with E-state index >= 15 is 0 Å². The Morgan fingerprint density at radius 1 is 1.30 bits per heavy atom. The Bertz CT molecular complexity index is 861. The molecule has 142 valence electrons. The van der Waals surface area contributed by atoms with Crippen molar-refractivity contribution in [3.05, 3.63) is 57.6 Å². The highest BCUT2D eigenvalue weighted by Gasteiger charge is 2.28. The van der Waals surface area contributed by atoms with Gasteiger partial charge in [0, 0.05) is 16.7 Å². The van der Waals surface area contributed by atoms with Crippen LogP contribution in [-0.2, 0) is 22.4 Å². The first kappa shape index (κ1) is 19.4. The van der Waals surface area contributed by atoms with E-state index in [2.05, 4.69) is 20.7 Å². The number of para-hydroxylation sites is 1. The van der Waals surface area contributed by atoms with E-state index in [1.807, 2.05) is 31.2 Å². The molecule has 0 fully saturated rings. The fraction of sp³-hybridized carbons (Fsp3) is 0.300. The van der Waals surface area contributed by atoms with Crippen LogP contribution in [0.3, 0.4) is 0 Å². The van der Waals surface area contributed by atoms with Gasteiger partial charge in [-0.1, -0.05) is 34.1 Å². The lowest BCUT2D eigenvalue weighted by atomic mass is 10.0. The number of nitrogens with zero attached hydrogens (tertiary/aromatic N) is 1. The minimum absolute atomic E-state index is 0.0962. The van der Waals surface area contributed by atoms with Crippen molar-refractivity contribution in [3.8, 4) is 5.75 Å². The van der Waals surface area contributed by atoms with E-state index in [4.69, 9.17) is 10.5 Å². The predicted molar refractivity (Wildman–Crippen MR) is 106 cm³/mol. The van der Waals surface area contributed by atoms with Crippen molar-refractivity contribution < 1.29 is 19.1 Å². The molecule has 1 aliphatic heterocycles. The van der Waals surface area contributed by atoms with Crippen LogP contribution in [0.4, 0.5) is 10.5 Å². The standard InChI is InChI=1S/C20H21BrN2O4/c1-12-9-14(27-20(25)26-2)10-16(21)15(12)11-17(22)19(24)23-8-7-13-5-3-4-6-18(13)23/h3-6,9-10,17H,7-8,11,22H2,1-2H3/t17-/m0/s1. The van der Waals surface area contributed by atoms with Crippen molar-refractivity contribution in [1.82, 2.24) is 0 Å². The van der Waals surface area contributed by atoms with Gasteiger partial charge < -0.3 is 20.1 Å². The molecule has 2 N–H and O–H groups in total. The maximum Gasteiger partial charge on any atom is 0.513 e. The fourth-order valence-corrected chi connectivity index (χ4v) is 3.97. The molecule has 27 heavy (non-hydrogen) atoms. The molecular weight excluding hydrogens is 412 g/mol. The van der Waals surface area contributed by atoms with Gasteiger partial charge in [0.15, 0.2) is 0 Å². The predicted octanol–water partition coefficient (Wildman–Crippen LogP) is 3.36. The number of methoxy groups -OCH3 is 1. The van der Waals surface area contributed by atoms with Gasteiger partial charge in [0.1, 0.15) is 5.75 Å². The molecule has 1 heterocycles. The molecule has 0 aromatic heterocycles. The molecule has 0 saturated heterocycles. The van der Waals surface area contributed by atoms with Crippen LogP contribution in [0, 0.1) is 6.92 Å². The number of ether oxygens (including phenoxy) is 2. The molecule has 6 nitrogen and oxygen atoms in total. The molecule has 0 saturated carbocycles. The van der Waals surface area contributed by atoms with Gasteiger partial charge in [0.05, 0.1) is 13.2 Å². The summed E-state index contributed by atoms with van der Waals surface area (Å²) in [5.74, 6) is 0.268. The largest absolute Gasteiger partial charge is 0.513 e. The van der Waals surface area contributed by atoms with Crippen LogP contribution in [0.2, 0.25) is 0 Å². The quantitative estimate of drug-likeness (QED) is 0.591. The van der Waals surface area contributed by atoms with Crippen molar-refractivity contribution in [2.24, 2.45) is 5.73 Å².